The molecule has 4 aromatic rings. The van der Waals surface area contributed by atoms with Gasteiger partial charge in [-0.15, -0.1) is 0 Å². The van der Waals surface area contributed by atoms with Crippen molar-refractivity contribution in [2.75, 3.05) is 6.54 Å². The number of carboxylic acid groups (broad SMARTS) is 1. The van der Waals surface area contributed by atoms with Crippen molar-refractivity contribution in [3.63, 3.8) is 0 Å². The van der Waals surface area contributed by atoms with Crippen molar-refractivity contribution in [3.05, 3.63) is 82.9 Å². The molecule has 0 spiro atoms. The molecular weight excluding hydrogens is 418 g/mol. The Bertz CT molecular complexity index is 1380. The van der Waals surface area contributed by atoms with Gasteiger partial charge in [0.15, 0.2) is 0 Å². The molecule has 0 aliphatic rings. The first-order valence-electron chi connectivity index (χ1n) is 10.9. The van der Waals surface area contributed by atoms with Crippen LogP contribution in [0.15, 0.2) is 60.7 Å². The second-order valence-corrected chi connectivity index (χ2v) is 8.04. The van der Waals surface area contributed by atoms with Gasteiger partial charge in [-0.2, -0.15) is 0 Å². The molecule has 0 fully saturated rings. The van der Waals surface area contributed by atoms with Gasteiger partial charge in [-0.1, -0.05) is 61.9 Å². The Morgan fingerprint density at radius 3 is 1.88 bits per heavy atom. The topological polar surface area (TPSA) is 107 Å². The molecule has 6 nitrogen and oxygen atoms in total. The van der Waals surface area contributed by atoms with E-state index in [9.17, 15) is 24.9 Å². The molecule has 0 aliphatic heterocycles. The zero-order valence-corrected chi connectivity index (χ0v) is 18.3. The minimum atomic E-state index is -1.24. The number of phenols is 2. The molecule has 0 aliphatic carbocycles. The number of carbonyl (C=O) groups is 2. The summed E-state index contributed by atoms with van der Waals surface area (Å²) in [7, 11) is 0. The molecule has 1 amide bonds. The molecule has 0 saturated heterocycles. The van der Waals surface area contributed by atoms with Crippen LogP contribution in [0.5, 0.6) is 11.5 Å². The molecule has 33 heavy (non-hydrogen) atoms. The minimum Gasteiger partial charge on any atom is -0.507 e. The third kappa shape index (κ3) is 4.20. The summed E-state index contributed by atoms with van der Waals surface area (Å²) in [6.45, 7) is 2.53. The van der Waals surface area contributed by atoms with E-state index in [1.54, 1.807) is 30.3 Å². The van der Waals surface area contributed by atoms with E-state index >= 15 is 0 Å². The highest BCUT2D eigenvalue weighted by atomic mass is 16.4. The highest BCUT2D eigenvalue weighted by molar-refractivity contribution is 6.04. The summed E-state index contributed by atoms with van der Waals surface area (Å²) in [5.41, 5.74) is 0.783. The van der Waals surface area contributed by atoms with Crippen molar-refractivity contribution in [2.24, 2.45) is 0 Å². The average molecular weight is 443 g/mol. The van der Waals surface area contributed by atoms with Crippen LogP contribution in [0.3, 0.4) is 0 Å². The van der Waals surface area contributed by atoms with E-state index in [2.05, 4.69) is 5.32 Å². The van der Waals surface area contributed by atoms with Crippen molar-refractivity contribution < 1.29 is 24.9 Å². The van der Waals surface area contributed by atoms with Gasteiger partial charge in [0.1, 0.15) is 17.1 Å². The third-order valence-corrected chi connectivity index (χ3v) is 5.90. The summed E-state index contributed by atoms with van der Waals surface area (Å²) in [5, 5.41) is 37.3. The van der Waals surface area contributed by atoms with Crippen molar-refractivity contribution in [1.82, 2.24) is 5.32 Å². The molecule has 4 aromatic carbocycles. The number of hydrogen-bond donors (Lipinski definition) is 4. The SMILES string of the molecule is CCCCNC(=O)c1cc2ccccc2c(Cc2c(O)c(C(=O)O)cc3ccccc23)c1O. The van der Waals surface area contributed by atoms with E-state index in [0.717, 1.165) is 23.6 Å². The first-order valence-corrected chi connectivity index (χ1v) is 10.9. The summed E-state index contributed by atoms with van der Waals surface area (Å²) in [6, 6.07) is 17.6. The zero-order valence-electron chi connectivity index (χ0n) is 18.3. The fraction of sp³-hybridized carbons (Fsp3) is 0.185. The Hall–Kier alpha value is -4.06. The summed E-state index contributed by atoms with van der Waals surface area (Å²) >= 11 is 0. The van der Waals surface area contributed by atoms with Gasteiger partial charge in [-0.3, -0.25) is 4.79 Å². The summed E-state index contributed by atoms with van der Waals surface area (Å²) in [4.78, 5) is 24.6. The first kappa shape index (κ1) is 22.1. The van der Waals surface area contributed by atoms with Crippen molar-refractivity contribution in [3.8, 4) is 11.5 Å². The number of nitrogens with one attached hydrogen (secondary N) is 1. The number of carbonyl (C=O) groups excluding carboxylic acids is 1. The van der Waals surface area contributed by atoms with Crippen LogP contribution in [0, 0.1) is 0 Å². The van der Waals surface area contributed by atoms with Gasteiger partial charge >= 0.3 is 5.97 Å². The number of carboxylic acids is 1. The smallest absolute Gasteiger partial charge is 0.339 e. The van der Waals surface area contributed by atoms with E-state index < -0.39 is 5.97 Å². The van der Waals surface area contributed by atoms with Gasteiger partial charge in [0.05, 0.1) is 5.56 Å². The molecular formula is C27H25NO5. The lowest BCUT2D eigenvalue weighted by Crippen LogP contribution is -2.24. The molecule has 4 N–H and O–H groups in total. The Labute approximate surface area is 191 Å². The fourth-order valence-electron chi connectivity index (χ4n) is 4.17. The largest absolute Gasteiger partial charge is 0.507 e. The number of hydrogen-bond acceptors (Lipinski definition) is 4. The van der Waals surface area contributed by atoms with Crippen LogP contribution >= 0.6 is 0 Å². The van der Waals surface area contributed by atoms with Crippen LogP contribution in [-0.4, -0.2) is 33.7 Å². The van der Waals surface area contributed by atoms with Gasteiger partial charge in [0.25, 0.3) is 5.91 Å². The maximum Gasteiger partial charge on any atom is 0.339 e. The van der Waals surface area contributed by atoms with Crippen LogP contribution in [-0.2, 0) is 6.42 Å². The summed E-state index contributed by atoms with van der Waals surface area (Å²) in [5.74, 6) is -2.13. The molecule has 168 valence electrons. The van der Waals surface area contributed by atoms with Crippen molar-refractivity contribution in [1.29, 1.82) is 0 Å². The van der Waals surface area contributed by atoms with E-state index in [-0.39, 0.29) is 35.0 Å². The molecule has 0 heterocycles. The monoisotopic (exact) mass is 443 g/mol. The van der Waals surface area contributed by atoms with Crippen LogP contribution in [0.25, 0.3) is 21.5 Å². The normalized spacial score (nSPS) is 11.1. The quantitative estimate of drug-likeness (QED) is 0.293. The average Bonchev–Trinajstić information content (AvgIpc) is 2.81. The first-order chi connectivity index (χ1) is 15.9. The number of aromatic carboxylic acids is 1. The number of benzene rings is 4. The molecule has 0 bridgehead atoms. The Morgan fingerprint density at radius 1 is 0.818 bits per heavy atom. The standard InChI is InChI=1S/C27H25NO5/c1-2-3-12-28-26(31)22-13-16-8-4-6-10-18(16)20(24(22)29)15-21-19-11-7-5-9-17(19)14-23(25(21)30)27(32)33/h4-11,13-14,29-30H,2-3,12,15H2,1H3,(H,28,31)(H,32,33). The van der Waals surface area contributed by atoms with Gasteiger partial charge in [0, 0.05) is 24.1 Å². The van der Waals surface area contributed by atoms with E-state index in [0.29, 0.717) is 28.4 Å². The number of amides is 1. The highest BCUT2D eigenvalue weighted by Crippen LogP contribution is 2.38. The number of fused-ring (bicyclic) bond motifs is 2. The van der Waals surface area contributed by atoms with Crippen LogP contribution in [0.2, 0.25) is 0 Å². The summed E-state index contributed by atoms with van der Waals surface area (Å²) in [6.07, 6.45) is 1.81. The Balaban J connectivity index is 1.92. The Morgan fingerprint density at radius 2 is 1.33 bits per heavy atom. The molecule has 0 atom stereocenters. The lowest BCUT2D eigenvalue weighted by molar-refractivity contribution is 0.0693. The fourth-order valence-corrected chi connectivity index (χ4v) is 4.17. The van der Waals surface area contributed by atoms with E-state index in [1.165, 1.54) is 6.07 Å². The van der Waals surface area contributed by atoms with Crippen molar-refractivity contribution >= 4 is 33.4 Å². The minimum absolute atomic E-state index is 0.0515. The number of aromatic hydroxyl groups is 2. The van der Waals surface area contributed by atoms with Crippen LogP contribution in [0.4, 0.5) is 0 Å². The molecule has 0 aromatic heterocycles. The zero-order chi connectivity index (χ0) is 23.5. The predicted octanol–water partition coefficient (Wildman–Crippen LogP) is 5.22. The van der Waals surface area contributed by atoms with Gasteiger partial charge in [0.2, 0.25) is 0 Å². The van der Waals surface area contributed by atoms with Gasteiger partial charge in [-0.25, -0.2) is 4.79 Å². The van der Waals surface area contributed by atoms with Gasteiger partial charge < -0.3 is 20.6 Å². The maximum atomic E-state index is 12.8. The molecule has 0 unspecified atom stereocenters. The number of unbranched alkanes of at least 4 members (excludes halogenated alkanes) is 1. The predicted molar refractivity (Wildman–Crippen MR) is 128 cm³/mol. The number of phenolic OH excluding ortho intramolecular Hbond substituents is 1. The highest BCUT2D eigenvalue weighted by Gasteiger charge is 2.22. The van der Waals surface area contributed by atoms with E-state index in [1.807, 2.05) is 31.2 Å². The second-order valence-electron chi connectivity index (χ2n) is 8.04. The Kier molecular flexibility index (Phi) is 6.18. The molecule has 0 saturated carbocycles. The summed E-state index contributed by atoms with van der Waals surface area (Å²) < 4.78 is 0. The lowest BCUT2D eigenvalue weighted by atomic mass is 9.90. The lowest BCUT2D eigenvalue weighted by Gasteiger charge is -2.17. The second kappa shape index (κ2) is 9.20. The van der Waals surface area contributed by atoms with Gasteiger partial charge in [-0.05, 0) is 40.1 Å². The van der Waals surface area contributed by atoms with E-state index in [4.69, 9.17) is 0 Å². The molecule has 0 radical (unpaired) electrons. The van der Waals surface area contributed by atoms with Crippen LogP contribution in [0.1, 0.15) is 51.6 Å². The number of rotatable bonds is 7. The molecule has 6 heteroatoms. The maximum absolute atomic E-state index is 12.8. The van der Waals surface area contributed by atoms with Crippen molar-refractivity contribution in [2.45, 2.75) is 26.2 Å². The molecule has 4 rings (SSSR count). The van der Waals surface area contributed by atoms with Crippen LogP contribution < -0.4 is 5.32 Å². The third-order valence-electron chi connectivity index (χ3n) is 5.90.